The Hall–Kier alpha value is -3.62. The lowest BCUT2D eigenvalue weighted by Gasteiger charge is -1.98. The van der Waals surface area contributed by atoms with E-state index >= 15 is 0 Å². The summed E-state index contributed by atoms with van der Waals surface area (Å²) in [6.07, 6.45) is 0. The van der Waals surface area contributed by atoms with Crippen molar-refractivity contribution in [2.75, 3.05) is 11.5 Å². The molecule has 0 aromatic heterocycles. The highest BCUT2D eigenvalue weighted by atomic mass is 14.6. The number of rotatable bonds is 0. The molecule has 0 atom stereocenters. The largest absolute Gasteiger partial charge is 0.398 e. The first kappa shape index (κ1) is 15.3. The van der Waals surface area contributed by atoms with Crippen LogP contribution in [0.4, 0.5) is 11.4 Å². The summed E-state index contributed by atoms with van der Waals surface area (Å²) in [5.74, 6) is 12.5. The van der Waals surface area contributed by atoms with Crippen LogP contribution < -0.4 is 11.5 Å². The molecule has 0 fully saturated rings. The van der Waals surface area contributed by atoms with Crippen LogP contribution in [0.3, 0.4) is 0 Å². The first-order valence-corrected chi connectivity index (χ1v) is 7.56. The third-order valence-electron chi connectivity index (χ3n) is 3.51. The van der Waals surface area contributed by atoms with Crippen LogP contribution >= 0.6 is 0 Å². The van der Waals surface area contributed by atoms with Gasteiger partial charge in [-0.1, -0.05) is 60.1 Å². The fourth-order valence-corrected chi connectivity index (χ4v) is 2.19. The van der Waals surface area contributed by atoms with Crippen molar-refractivity contribution >= 4 is 11.4 Å². The molecule has 114 valence electrons. The van der Waals surface area contributed by atoms with Gasteiger partial charge in [0.1, 0.15) is 0 Å². The highest BCUT2D eigenvalue weighted by molar-refractivity contribution is 5.61. The van der Waals surface area contributed by atoms with Crippen LogP contribution in [0.25, 0.3) is 0 Å². The molecule has 4 N–H and O–H groups in total. The van der Waals surface area contributed by atoms with Crippen LogP contribution in [0.5, 0.6) is 0 Å². The van der Waals surface area contributed by atoms with Crippen molar-refractivity contribution in [3.63, 3.8) is 0 Å². The van der Waals surface area contributed by atoms with Crippen LogP contribution in [0.2, 0.25) is 0 Å². The van der Waals surface area contributed by atoms with Crippen LogP contribution in [-0.2, 0) is 0 Å². The van der Waals surface area contributed by atoms with E-state index in [2.05, 4.69) is 23.7 Å². The van der Waals surface area contributed by atoms with Gasteiger partial charge in [-0.2, -0.15) is 0 Å². The number of anilines is 2. The Morgan fingerprint density at radius 1 is 0.417 bits per heavy atom. The Kier molecular flexibility index (Phi) is 4.52. The molecule has 0 heterocycles. The predicted octanol–water partition coefficient (Wildman–Crippen LogP) is 3.65. The molecule has 0 aliphatic rings. The zero-order valence-electron chi connectivity index (χ0n) is 13.1. The van der Waals surface area contributed by atoms with Gasteiger partial charge in [0.15, 0.2) is 0 Å². The molecule has 0 aliphatic carbocycles. The van der Waals surface area contributed by atoms with E-state index in [1.807, 2.05) is 72.8 Å². The maximum absolute atomic E-state index is 5.93. The second-order valence-corrected chi connectivity index (χ2v) is 5.22. The summed E-state index contributed by atoms with van der Waals surface area (Å²) < 4.78 is 0. The van der Waals surface area contributed by atoms with Crippen LogP contribution in [0.1, 0.15) is 22.3 Å². The van der Waals surface area contributed by atoms with E-state index in [1.165, 1.54) is 0 Å². The summed E-state index contributed by atoms with van der Waals surface area (Å²) in [6, 6.07) is 22.9. The Morgan fingerprint density at radius 2 is 0.708 bits per heavy atom. The standard InChI is InChI=1S/C22H16N2/c23-21-11-5-3-9-19(21)15-13-17-7-1-2-8-18(17)14-16-20-10-4-6-12-22(20)24/h1-12H,23-24H2. The smallest absolute Gasteiger partial charge is 0.0478 e. The number of para-hydroxylation sites is 2. The normalized spacial score (nSPS) is 9.33. The molecule has 0 amide bonds. The molecule has 3 rings (SSSR count). The van der Waals surface area contributed by atoms with Crippen LogP contribution in [-0.4, -0.2) is 0 Å². The van der Waals surface area contributed by atoms with Crippen molar-refractivity contribution in [2.24, 2.45) is 0 Å². The van der Waals surface area contributed by atoms with Gasteiger partial charge in [-0.15, -0.1) is 0 Å². The van der Waals surface area contributed by atoms with E-state index in [0.29, 0.717) is 11.4 Å². The van der Waals surface area contributed by atoms with Gasteiger partial charge in [-0.25, -0.2) is 0 Å². The number of nitrogen functional groups attached to an aromatic ring is 2. The second kappa shape index (κ2) is 7.09. The highest BCUT2D eigenvalue weighted by Crippen LogP contribution is 2.12. The highest BCUT2D eigenvalue weighted by Gasteiger charge is 1.97. The van der Waals surface area contributed by atoms with Gasteiger partial charge in [-0.3, -0.25) is 0 Å². The summed E-state index contributed by atoms with van der Waals surface area (Å²) in [5, 5.41) is 0. The lowest BCUT2D eigenvalue weighted by molar-refractivity contribution is 1.57. The molecule has 24 heavy (non-hydrogen) atoms. The van der Waals surface area contributed by atoms with Crippen molar-refractivity contribution in [1.29, 1.82) is 0 Å². The minimum Gasteiger partial charge on any atom is -0.398 e. The Labute approximate surface area is 142 Å². The Morgan fingerprint density at radius 3 is 1.08 bits per heavy atom. The summed E-state index contributed by atoms with van der Waals surface area (Å²) in [4.78, 5) is 0. The Bertz CT molecular complexity index is 913. The van der Waals surface area contributed by atoms with Gasteiger partial charge in [0, 0.05) is 33.6 Å². The zero-order valence-corrected chi connectivity index (χ0v) is 13.1. The number of nitrogens with two attached hydrogens (primary N) is 2. The van der Waals surface area contributed by atoms with E-state index in [9.17, 15) is 0 Å². The molecule has 0 bridgehead atoms. The first-order valence-electron chi connectivity index (χ1n) is 7.56. The van der Waals surface area contributed by atoms with Gasteiger partial charge >= 0.3 is 0 Å². The SMILES string of the molecule is Nc1ccccc1C#Cc1ccccc1C#Cc1ccccc1N. The fourth-order valence-electron chi connectivity index (χ4n) is 2.19. The Balaban J connectivity index is 1.96. The number of hydrogen-bond acceptors (Lipinski definition) is 2. The molecule has 3 aromatic carbocycles. The average Bonchev–Trinajstić information content (AvgIpc) is 2.61. The predicted molar refractivity (Wildman–Crippen MR) is 100 cm³/mol. The summed E-state index contributed by atoms with van der Waals surface area (Å²) in [6.45, 7) is 0. The summed E-state index contributed by atoms with van der Waals surface area (Å²) in [5.41, 5.74) is 16.6. The van der Waals surface area contributed by atoms with Crippen molar-refractivity contribution in [3.05, 3.63) is 95.1 Å². The quantitative estimate of drug-likeness (QED) is 0.492. The first-order chi connectivity index (χ1) is 11.7. The van der Waals surface area contributed by atoms with E-state index in [1.54, 1.807) is 0 Å². The van der Waals surface area contributed by atoms with Crippen molar-refractivity contribution < 1.29 is 0 Å². The zero-order chi connectivity index (χ0) is 16.8. The van der Waals surface area contributed by atoms with Crippen molar-refractivity contribution in [3.8, 4) is 23.7 Å². The van der Waals surface area contributed by atoms with Gasteiger partial charge in [0.2, 0.25) is 0 Å². The van der Waals surface area contributed by atoms with E-state index in [-0.39, 0.29) is 0 Å². The molecule has 0 spiro atoms. The number of hydrogen-bond donors (Lipinski definition) is 2. The third-order valence-corrected chi connectivity index (χ3v) is 3.51. The lowest BCUT2D eigenvalue weighted by atomic mass is 10.1. The maximum atomic E-state index is 5.93. The van der Waals surface area contributed by atoms with Gasteiger partial charge < -0.3 is 11.5 Å². The summed E-state index contributed by atoms with van der Waals surface area (Å²) >= 11 is 0. The molecule has 0 aliphatic heterocycles. The minimum absolute atomic E-state index is 0.672. The topological polar surface area (TPSA) is 52.0 Å². The summed E-state index contributed by atoms with van der Waals surface area (Å²) in [7, 11) is 0. The molecule has 0 unspecified atom stereocenters. The number of benzene rings is 3. The monoisotopic (exact) mass is 308 g/mol. The van der Waals surface area contributed by atoms with E-state index in [0.717, 1.165) is 22.3 Å². The van der Waals surface area contributed by atoms with Gasteiger partial charge in [-0.05, 0) is 36.4 Å². The van der Waals surface area contributed by atoms with Crippen LogP contribution in [0, 0.1) is 23.7 Å². The molecule has 0 saturated heterocycles. The van der Waals surface area contributed by atoms with Gasteiger partial charge in [0.25, 0.3) is 0 Å². The second-order valence-electron chi connectivity index (χ2n) is 5.22. The average molecular weight is 308 g/mol. The minimum atomic E-state index is 0.672. The molecular weight excluding hydrogens is 292 g/mol. The third kappa shape index (κ3) is 3.58. The molecule has 2 nitrogen and oxygen atoms in total. The van der Waals surface area contributed by atoms with Crippen molar-refractivity contribution in [2.45, 2.75) is 0 Å². The molecule has 0 saturated carbocycles. The molecule has 2 heteroatoms. The van der Waals surface area contributed by atoms with Crippen LogP contribution in [0.15, 0.2) is 72.8 Å². The molecule has 3 aromatic rings. The maximum Gasteiger partial charge on any atom is 0.0478 e. The van der Waals surface area contributed by atoms with E-state index in [4.69, 9.17) is 11.5 Å². The lowest BCUT2D eigenvalue weighted by Crippen LogP contribution is -1.90. The van der Waals surface area contributed by atoms with E-state index < -0.39 is 0 Å². The molecular formula is C22H16N2. The van der Waals surface area contributed by atoms with Crippen molar-refractivity contribution in [1.82, 2.24) is 0 Å². The van der Waals surface area contributed by atoms with Gasteiger partial charge in [0.05, 0.1) is 0 Å². The fraction of sp³-hybridized carbons (Fsp3) is 0. The molecule has 0 radical (unpaired) electrons.